The predicted molar refractivity (Wildman–Crippen MR) is 69.2 cm³/mol. The summed E-state index contributed by atoms with van der Waals surface area (Å²) in [6, 6.07) is 3.95. The SMILES string of the molecule is Cc1cc2c(cc1-c1ncc(CCO)s1)OCO2. The minimum Gasteiger partial charge on any atom is -0.454 e. The second-order valence-electron chi connectivity index (χ2n) is 4.13. The predicted octanol–water partition coefficient (Wildman–Crippen LogP) is 2.38. The van der Waals surface area contributed by atoms with E-state index in [1.54, 1.807) is 11.3 Å². The molecule has 2 aromatic rings. The molecule has 2 heterocycles. The van der Waals surface area contributed by atoms with Crippen LogP contribution in [-0.2, 0) is 6.42 Å². The van der Waals surface area contributed by atoms with Gasteiger partial charge >= 0.3 is 0 Å². The van der Waals surface area contributed by atoms with E-state index in [1.807, 2.05) is 25.3 Å². The fourth-order valence-corrected chi connectivity index (χ4v) is 2.91. The Morgan fingerprint density at radius 2 is 2.11 bits per heavy atom. The topological polar surface area (TPSA) is 51.6 Å². The number of benzene rings is 1. The third-order valence-electron chi connectivity index (χ3n) is 2.86. The molecule has 1 aliphatic heterocycles. The molecule has 1 aliphatic rings. The highest BCUT2D eigenvalue weighted by Crippen LogP contribution is 2.39. The number of nitrogens with zero attached hydrogens (tertiary/aromatic N) is 1. The van der Waals surface area contributed by atoms with E-state index < -0.39 is 0 Å². The Morgan fingerprint density at radius 1 is 1.33 bits per heavy atom. The van der Waals surface area contributed by atoms with Crippen molar-refractivity contribution in [2.24, 2.45) is 0 Å². The van der Waals surface area contributed by atoms with Crippen molar-refractivity contribution in [3.05, 3.63) is 28.8 Å². The quantitative estimate of drug-likeness (QED) is 0.923. The summed E-state index contributed by atoms with van der Waals surface area (Å²) in [6.45, 7) is 2.47. The van der Waals surface area contributed by atoms with Gasteiger partial charge in [-0.25, -0.2) is 4.98 Å². The normalized spacial score (nSPS) is 13.0. The van der Waals surface area contributed by atoms with Crippen molar-refractivity contribution in [2.75, 3.05) is 13.4 Å². The first kappa shape index (κ1) is 11.5. The number of aliphatic hydroxyl groups excluding tert-OH is 1. The van der Waals surface area contributed by atoms with E-state index in [-0.39, 0.29) is 13.4 Å². The van der Waals surface area contributed by atoms with Crippen LogP contribution >= 0.6 is 11.3 Å². The molecule has 0 bridgehead atoms. The van der Waals surface area contributed by atoms with Crippen LogP contribution in [0.2, 0.25) is 0 Å². The van der Waals surface area contributed by atoms with Crippen molar-refractivity contribution in [1.82, 2.24) is 4.98 Å². The molecule has 3 rings (SSSR count). The molecule has 18 heavy (non-hydrogen) atoms. The number of fused-ring (bicyclic) bond motifs is 1. The zero-order valence-electron chi connectivity index (χ0n) is 9.97. The molecule has 0 radical (unpaired) electrons. The van der Waals surface area contributed by atoms with Crippen LogP contribution in [0.5, 0.6) is 11.5 Å². The summed E-state index contributed by atoms with van der Waals surface area (Å²) >= 11 is 1.60. The van der Waals surface area contributed by atoms with Gasteiger partial charge in [-0.1, -0.05) is 0 Å². The van der Waals surface area contributed by atoms with Gasteiger partial charge in [0.15, 0.2) is 11.5 Å². The van der Waals surface area contributed by atoms with Crippen molar-refractivity contribution < 1.29 is 14.6 Å². The fourth-order valence-electron chi connectivity index (χ4n) is 1.93. The minimum absolute atomic E-state index is 0.155. The van der Waals surface area contributed by atoms with Crippen LogP contribution < -0.4 is 9.47 Å². The first-order valence-electron chi connectivity index (χ1n) is 5.74. The molecular weight excluding hydrogens is 250 g/mol. The molecule has 94 valence electrons. The van der Waals surface area contributed by atoms with Crippen molar-refractivity contribution >= 4 is 11.3 Å². The molecule has 0 aliphatic carbocycles. The summed E-state index contributed by atoms with van der Waals surface area (Å²) < 4.78 is 10.7. The van der Waals surface area contributed by atoms with Crippen molar-refractivity contribution in [1.29, 1.82) is 0 Å². The number of aliphatic hydroxyl groups is 1. The summed E-state index contributed by atoms with van der Waals surface area (Å²) in [7, 11) is 0. The van der Waals surface area contributed by atoms with Crippen molar-refractivity contribution in [2.45, 2.75) is 13.3 Å². The van der Waals surface area contributed by atoms with Crippen LogP contribution in [0.3, 0.4) is 0 Å². The first-order valence-corrected chi connectivity index (χ1v) is 6.56. The highest BCUT2D eigenvalue weighted by atomic mass is 32.1. The fraction of sp³-hybridized carbons (Fsp3) is 0.308. The number of hydrogen-bond donors (Lipinski definition) is 1. The van der Waals surface area contributed by atoms with Gasteiger partial charge in [-0.2, -0.15) is 0 Å². The van der Waals surface area contributed by atoms with Crippen LogP contribution in [-0.4, -0.2) is 23.5 Å². The standard InChI is InChI=1S/C13H13NO3S/c1-8-4-11-12(17-7-16-11)5-10(8)13-14-6-9(18-13)2-3-15/h4-6,15H,2-3,7H2,1H3. The molecule has 0 saturated carbocycles. The number of rotatable bonds is 3. The highest BCUT2D eigenvalue weighted by molar-refractivity contribution is 7.15. The maximum Gasteiger partial charge on any atom is 0.231 e. The van der Waals surface area contributed by atoms with Crippen LogP contribution in [0.25, 0.3) is 10.6 Å². The Bertz CT molecular complexity index is 580. The second-order valence-corrected chi connectivity index (χ2v) is 5.24. The lowest BCUT2D eigenvalue weighted by Gasteiger charge is -2.04. The number of hydrogen-bond acceptors (Lipinski definition) is 5. The molecule has 0 atom stereocenters. The zero-order valence-corrected chi connectivity index (χ0v) is 10.8. The monoisotopic (exact) mass is 263 g/mol. The molecule has 0 saturated heterocycles. The average Bonchev–Trinajstić information content (AvgIpc) is 2.96. The molecule has 1 N–H and O–H groups in total. The van der Waals surface area contributed by atoms with E-state index in [4.69, 9.17) is 14.6 Å². The smallest absolute Gasteiger partial charge is 0.231 e. The van der Waals surface area contributed by atoms with Gasteiger partial charge in [0.2, 0.25) is 6.79 Å². The van der Waals surface area contributed by atoms with Crippen LogP contribution in [0.1, 0.15) is 10.4 Å². The van der Waals surface area contributed by atoms with Gasteiger partial charge in [-0.05, 0) is 24.6 Å². The molecule has 1 aromatic heterocycles. The highest BCUT2D eigenvalue weighted by Gasteiger charge is 2.17. The summed E-state index contributed by atoms with van der Waals surface area (Å²) in [6.07, 6.45) is 2.47. The second kappa shape index (κ2) is 4.59. The third kappa shape index (κ3) is 1.95. The molecule has 1 aromatic carbocycles. The number of aryl methyl sites for hydroxylation is 1. The molecule has 0 unspecified atom stereocenters. The van der Waals surface area contributed by atoms with Crippen molar-refractivity contribution in [3.63, 3.8) is 0 Å². The third-order valence-corrected chi connectivity index (χ3v) is 3.95. The lowest BCUT2D eigenvalue weighted by Crippen LogP contribution is -1.92. The summed E-state index contributed by atoms with van der Waals surface area (Å²) in [5.74, 6) is 1.57. The first-order chi connectivity index (χ1) is 8.78. The van der Waals surface area contributed by atoms with Gasteiger partial charge < -0.3 is 14.6 Å². The Balaban J connectivity index is 2.00. The Hall–Kier alpha value is -1.59. The molecular formula is C13H13NO3S. The largest absolute Gasteiger partial charge is 0.454 e. The molecule has 0 amide bonds. The number of ether oxygens (including phenoxy) is 2. The number of thiazole rings is 1. The Kier molecular flexibility index (Phi) is 2.93. The van der Waals surface area contributed by atoms with E-state index in [2.05, 4.69) is 4.98 Å². The van der Waals surface area contributed by atoms with E-state index in [1.165, 1.54) is 0 Å². The van der Waals surface area contributed by atoms with E-state index in [9.17, 15) is 0 Å². The Morgan fingerprint density at radius 3 is 2.89 bits per heavy atom. The zero-order chi connectivity index (χ0) is 12.5. The van der Waals surface area contributed by atoms with Crippen LogP contribution in [0, 0.1) is 6.92 Å². The van der Waals surface area contributed by atoms with Crippen LogP contribution in [0.4, 0.5) is 0 Å². The minimum atomic E-state index is 0.155. The van der Waals surface area contributed by atoms with E-state index in [0.717, 1.165) is 32.5 Å². The maximum absolute atomic E-state index is 8.92. The summed E-state index contributed by atoms with van der Waals surface area (Å²) in [5.41, 5.74) is 2.18. The van der Waals surface area contributed by atoms with Gasteiger partial charge in [0.25, 0.3) is 0 Å². The molecule has 4 nitrogen and oxygen atoms in total. The lowest BCUT2D eigenvalue weighted by molar-refractivity contribution is 0.174. The van der Waals surface area contributed by atoms with Gasteiger partial charge in [0.1, 0.15) is 5.01 Å². The number of aromatic nitrogens is 1. The van der Waals surface area contributed by atoms with Gasteiger partial charge in [-0.15, -0.1) is 11.3 Å². The van der Waals surface area contributed by atoms with E-state index in [0.29, 0.717) is 6.42 Å². The Labute approximate surface area is 109 Å². The molecule has 5 heteroatoms. The van der Waals surface area contributed by atoms with Gasteiger partial charge in [-0.3, -0.25) is 0 Å². The van der Waals surface area contributed by atoms with Gasteiger partial charge in [0.05, 0.1) is 0 Å². The molecule has 0 spiro atoms. The van der Waals surface area contributed by atoms with Crippen molar-refractivity contribution in [3.8, 4) is 22.1 Å². The lowest BCUT2D eigenvalue weighted by atomic mass is 10.1. The van der Waals surface area contributed by atoms with Crippen LogP contribution in [0.15, 0.2) is 18.3 Å². The molecule has 0 fully saturated rings. The summed E-state index contributed by atoms with van der Waals surface area (Å²) in [4.78, 5) is 5.49. The summed E-state index contributed by atoms with van der Waals surface area (Å²) in [5, 5.41) is 9.88. The van der Waals surface area contributed by atoms with E-state index >= 15 is 0 Å². The maximum atomic E-state index is 8.92. The average molecular weight is 263 g/mol. The van der Waals surface area contributed by atoms with Gasteiger partial charge in [0, 0.05) is 29.7 Å².